The van der Waals surface area contributed by atoms with Gasteiger partial charge in [-0.1, -0.05) is 0 Å². The third kappa shape index (κ3) is 4.07. The van der Waals surface area contributed by atoms with Gasteiger partial charge in [-0.05, 0) is 46.2 Å². The quantitative estimate of drug-likeness (QED) is 0.945. The summed E-state index contributed by atoms with van der Waals surface area (Å²) in [6, 6.07) is 1.62. The largest absolute Gasteiger partial charge is 0.444 e. The van der Waals surface area contributed by atoms with E-state index in [2.05, 4.69) is 15.4 Å². The molecule has 22 heavy (non-hydrogen) atoms. The Morgan fingerprint density at radius 1 is 1.36 bits per heavy atom. The maximum absolute atomic E-state index is 11.9. The number of pyridine rings is 1. The first-order valence-electron chi connectivity index (χ1n) is 7.21. The number of hydrogen-bond donors (Lipinski definition) is 1. The summed E-state index contributed by atoms with van der Waals surface area (Å²) in [5, 5.41) is 7.14. The van der Waals surface area contributed by atoms with Gasteiger partial charge in [-0.2, -0.15) is 5.10 Å². The lowest BCUT2D eigenvalue weighted by Gasteiger charge is -2.22. The van der Waals surface area contributed by atoms with E-state index in [0.717, 1.165) is 16.8 Å². The molecule has 0 saturated carbocycles. The molecule has 1 amide bonds. The monoisotopic (exact) mass is 302 g/mol. The number of nitrogens with zero attached hydrogens (tertiary/aromatic N) is 3. The van der Waals surface area contributed by atoms with Crippen molar-refractivity contribution in [2.24, 2.45) is 0 Å². The number of aryl methyl sites for hydroxylation is 1. The Morgan fingerprint density at radius 2 is 2.09 bits per heavy atom. The third-order valence-corrected chi connectivity index (χ3v) is 2.99. The molecule has 0 bridgehead atoms. The molecule has 2 heterocycles. The molecule has 2 rings (SSSR count). The fraction of sp³-hybridized carbons (Fsp3) is 0.438. The van der Waals surface area contributed by atoms with Crippen molar-refractivity contribution in [3.8, 4) is 5.69 Å². The van der Waals surface area contributed by atoms with Crippen LogP contribution >= 0.6 is 0 Å². The van der Waals surface area contributed by atoms with Gasteiger partial charge < -0.3 is 10.1 Å². The van der Waals surface area contributed by atoms with E-state index in [1.807, 2.05) is 46.9 Å². The highest BCUT2D eigenvalue weighted by Crippen LogP contribution is 2.21. The number of alkyl carbamates (subject to hydrolysis) is 1. The number of carbonyl (C=O) groups is 1. The van der Waals surface area contributed by atoms with E-state index < -0.39 is 11.7 Å². The van der Waals surface area contributed by atoms with Gasteiger partial charge in [-0.3, -0.25) is 4.98 Å². The fourth-order valence-corrected chi connectivity index (χ4v) is 2.05. The predicted octanol–water partition coefficient (Wildman–Crippen LogP) is 3.16. The van der Waals surface area contributed by atoms with E-state index >= 15 is 0 Å². The Morgan fingerprint density at radius 3 is 2.68 bits per heavy atom. The van der Waals surface area contributed by atoms with Gasteiger partial charge in [0.2, 0.25) is 0 Å². The second kappa shape index (κ2) is 6.17. The van der Waals surface area contributed by atoms with Crippen LogP contribution in [0, 0.1) is 6.92 Å². The normalized spacial score (nSPS) is 12.8. The van der Waals surface area contributed by atoms with Crippen LogP contribution in [0.25, 0.3) is 5.69 Å². The summed E-state index contributed by atoms with van der Waals surface area (Å²) in [6.45, 7) is 9.37. The van der Waals surface area contributed by atoms with E-state index in [1.54, 1.807) is 23.3 Å². The molecule has 1 atom stereocenters. The van der Waals surface area contributed by atoms with Crippen LogP contribution in [-0.4, -0.2) is 26.5 Å². The average molecular weight is 302 g/mol. The minimum atomic E-state index is -0.527. The highest BCUT2D eigenvalue weighted by Gasteiger charge is 2.20. The van der Waals surface area contributed by atoms with Crippen LogP contribution in [0.2, 0.25) is 0 Å². The van der Waals surface area contributed by atoms with Gasteiger partial charge in [0.15, 0.2) is 0 Å². The minimum Gasteiger partial charge on any atom is -0.444 e. The smallest absolute Gasteiger partial charge is 0.408 e. The molecular weight excluding hydrogens is 280 g/mol. The summed E-state index contributed by atoms with van der Waals surface area (Å²) in [7, 11) is 0. The lowest BCUT2D eigenvalue weighted by molar-refractivity contribution is 0.0508. The molecule has 0 radical (unpaired) electrons. The Bertz CT molecular complexity index is 658. The number of aromatic nitrogens is 3. The SMILES string of the molecule is Cc1cnn(-c2ccncc2C(C)NC(=O)OC(C)(C)C)c1. The molecule has 118 valence electrons. The highest BCUT2D eigenvalue weighted by molar-refractivity contribution is 5.68. The second-order valence-corrected chi connectivity index (χ2v) is 6.26. The van der Waals surface area contributed by atoms with E-state index in [9.17, 15) is 4.79 Å². The summed E-state index contributed by atoms with van der Waals surface area (Å²) in [6.07, 6.45) is 6.70. The van der Waals surface area contributed by atoms with Crippen molar-refractivity contribution >= 4 is 6.09 Å². The Labute approximate surface area is 130 Å². The molecule has 1 unspecified atom stereocenters. The second-order valence-electron chi connectivity index (χ2n) is 6.26. The summed E-state index contributed by atoms with van der Waals surface area (Å²) in [5.74, 6) is 0. The zero-order chi connectivity index (χ0) is 16.3. The molecule has 2 aromatic heterocycles. The first-order chi connectivity index (χ1) is 10.3. The zero-order valence-electron chi connectivity index (χ0n) is 13.6. The molecule has 2 aromatic rings. The van der Waals surface area contributed by atoms with Gasteiger partial charge in [0.25, 0.3) is 0 Å². The lowest BCUT2D eigenvalue weighted by Crippen LogP contribution is -2.34. The van der Waals surface area contributed by atoms with Crippen LogP contribution in [0.5, 0.6) is 0 Å². The molecule has 0 aliphatic rings. The number of ether oxygens (including phenoxy) is 1. The first-order valence-corrected chi connectivity index (χ1v) is 7.21. The summed E-state index contributed by atoms with van der Waals surface area (Å²) >= 11 is 0. The number of rotatable bonds is 3. The molecule has 0 aliphatic carbocycles. The van der Waals surface area contributed by atoms with Gasteiger partial charge >= 0.3 is 6.09 Å². The molecule has 0 aliphatic heterocycles. The summed E-state index contributed by atoms with van der Waals surface area (Å²) in [5.41, 5.74) is 2.29. The average Bonchev–Trinajstić information content (AvgIpc) is 2.83. The van der Waals surface area contributed by atoms with Crippen molar-refractivity contribution in [3.05, 3.63) is 42.0 Å². The third-order valence-electron chi connectivity index (χ3n) is 2.99. The van der Waals surface area contributed by atoms with Crippen molar-refractivity contribution in [1.29, 1.82) is 0 Å². The predicted molar refractivity (Wildman–Crippen MR) is 83.9 cm³/mol. The fourth-order valence-electron chi connectivity index (χ4n) is 2.05. The van der Waals surface area contributed by atoms with Crippen molar-refractivity contribution in [3.63, 3.8) is 0 Å². The summed E-state index contributed by atoms with van der Waals surface area (Å²) < 4.78 is 7.06. The van der Waals surface area contributed by atoms with Crippen LogP contribution in [0.15, 0.2) is 30.9 Å². The standard InChI is InChI=1S/C16H22N4O2/c1-11-8-18-20(10-11)14-6-7-17-9-13(14)12(2)19-15(21)22-16(3,4)5/h6-10,12H,1-5H3,(H,19,21). The van der Waals surface area contributed by atoms with Crippen LogP contribution in [0.1, 0.15) is 44.9 Å². The van der Waals surface area contributed by atoms with Crippen LogP contribution < -0.4 is 5.32 Å². The van der Waals surface area contributed by atoms with Crippen molar-refractivity contribution in [1.82, 2.24) is 20.1 Å². The molecule has 6 heteroatoms. The molecule has 0 spiro atoms. The van der Waals surface area contributed by atoms with Gasteiger partial charge in [0, 0.05) is 24.2 Å². The highest BCUT2D eigenvalue weighted by atomic mass is 16.6. The van der Waals surface area contributed by atoms with Crippen LogP contribution in [0.3, 0.4) is 0 Å². The Kier molecular flexibility index (Phi) is 4.49. The van der Waals surface area contributed by atoms with Crippen molar-refractivity contribution in [2.45, 2.75) is 46.3 Å². The number of nitrogens with one attached hydrogen (secondary N) is 1. The van der Waals surface area contributed by atoms with Crippen LogP contribution in [0.4, 0.5) is 4.79 Å². The van der Waals surface area contributed by atoms with Crippen LogP contribution in [-0.2, 0) is 4.74 Å². The molecule has 0 saturated heterocycles. The molecule has 1 N–H and O–H groups in total. The lowest BCUT2D eigenvalue weighted by atomic mass is 10.1. The van der Waals surface area contributed by atoms with Crippen molar-refractivity contribution in [2.75, 3.05) is 0 Å². The zero-order valence-corrected chi connectivity index (χ0v) is 13.6. The molecule has 0 aromatic carbocycles. The Balaban J connectivity index is 2.20. The molecule has 6 nitrogen and oxygen atoms in total. The maximum Gasteiger partial charge on any atom is 0.408 e. The first kappa shape index (κ1) is 16.0. The summed E-state index contributed by atoms with van der Waals surface area (Å²) in [4.78, 5) is 16.1. The van der Waals surface area contributed by atoms with E-state index in [1.165, 1.54) is 0 Å². The van der Waals surface area contributed by atoms with Gasteiger partial charge in [-0.25, -0.2) is 9.48 Å². The minimum absolute atomic E-state index is 0.247. The topological polar surface area (TPSA) is 69.0 Å². The van der Waals surface area contributed by atoms with Gasteiger partial charge in [0.05, 0.1) is 17.9 Å². The van der Waals surface area contributed by atoms with Gasteiger partial charge in [0.1, 0.15) is 5.60 Å². The van der Waals surface area contributed by atoms with E-state index in [4.69, 9.17) is 4.74 Å². The molecular formula is C16H22N4O2. The number of hydrogen-bond acceptors (Lipinski definition) is 4. The van der Waals surface area contributed by atoms with E-state index in [-0.39, 0.29) is 6.04 Å². The van der Waals surface area contributed by atoms with E-state index in [0.29, 0.717) is 0 Å². The number of carbonyl (C=O) groups excluding carboxylic acids is 1. The van der Waals surface area contributed by atoms with Gasteiger partial charge in [-0.15, -0.1) is 0 Å². The Hall–Kier alpha value is -2.37. The molecule has 0 fully saturated rings. The maximum atomic E-state index is 11.9. The number of amides is 1. The van der Waals surface area contributed by atoms with Crippen molar-refractivity contribution < 1.29 is 9.53 Å².